The van der Waals surface area contributed by atoms with E-state index in [-0.39, 0.29) is 17.0 Å². The fraction of sp³-hybridized carbons (Fsp3) is 0.650. The van der Waals surface area contributed by atoms with E-state index in [9.17, 15) is 14.4 Å². The summed E-state index contributed by atoms with van der Waals surface area (Å²) in [5.74, 6) is -1.25. The van der Waals surface area contributed by atoms with Crippen molar-refractivity contribution >= 4 is 11.9 Å². The molecular formula is C20H31N3O5. The monoisotopic (exact) mass is 393 g/mol. The predicted molar refractivity (Wildman–Crippen MR) is 106 cm³/mol. The van der Waals surface area contributed by atoms with Crippen LogP contribution in [0.15, 0.2) is 10.9 Å². The smallest absolute Gasteiger partial charge is 0.328 e. The summed E-state index contributed by atoms with van der Waals surface area (Å²) in [7, 11) is 1.28. The Morgan fingerprint density at radius 2 is 1.86 bits per heavy atom. The number of morpholine rings is 1. The van der Waals surface area contributed by atoms with Crippen LogP contribution in [0.4, 0.5) is 0 Å². The molecule has 0 radical (unpaired) electrons. The van der Waals surface area contributed by atoms with Gasteiger partial charge in [0, 0.05) is 31.9 Å². The number of esters is 1. The van der Waals surface area contributed by atoms with Gasteiger partial charge in [0.1, 0.15) is 11.6 Å². The molecule has 0 unspecified atom stereocenters. The topological polar surface area (TPSA) is 89.9 Å². The summed E-state index contributed by atoms with van der Waals surface area (Å²) in [6.45, 7) is 11.6. The zero-order valence-corrected chi connectivity index (χ0v) is 17.4. The Labute approximate surface area is 165 Å². The lowest BCUT2D eigenvalue weighted by Gasteiger charge is -2.27. The first-order valence-corrected chi connectivity index (χ1v) is 9.66. The third-order valence-electron chi connectivity index (χ3n) is 5.21. The van der Waals surface area contributed by atoms with E-state index < -0.39 is 17.9 Å². The van der Waals surface area contributed by atoms with E-state index in [1.54, 1.807) is 10.6 Å². The average Bonchev–Trinajstić information content (AvgIpc) is 2.68. The second kappa shape index (κ2) is 9.84. The van der Waals surface area contributed by atoms with Crippen LogP contribution in [0.3, 0.4) is 0 Å². The van der Waals surface area contributed by atoms with Gasteiger partial charge in [0.25, 0.3) is 11.5 Å². The number of carbonyl (C=O) groups is 2. The van der Waals surface area contributed by atoms with Crippen molar-refractivity contribution in [1.82, 2.24) is 14.8 Å². The number of ether oxygens (including phenoxy) is 2. The Kier molecular flexibility index (Phi) is 7.77. The van der Waals surface area contributed by atoms with Crippen molar-refractivity contribution in [3.63, 3.8) is 0 Å². The molecule has 1 aliphatic heterocycles. The minimum Gasteiger partial charge on any atom is -0.467 e. The van der Waals surface area contributed by atoms with Gasteiger partial charge >= 0.3 is 5.97 Å². The third kappa shape index (κ3) is 5.20. The summed E-state index contributed by atoms with van der Waals surface area (Å²) in [5, 5.41) is 2.65. The second-order valence-corrected chi connectivity index (χ2v) is 7.46. The van der Waals surface area contributed by atoms with Gasteiger partial charge in [0.2, 0.25) is 0 Å². The molecule has 0 bridgehead atoms. The van der Waals surface area contributed by atoms with Gasteiger partial charge < -0.3 is 19.4 Å². The number of hydrogen-bond acceptors (Lipinski definition) is 6. The van der Waals surface area contributed by atoms with Crippen LogP contribution in [-0.4, -0.2) is 67.3 Å². The molecule has 0 aliphatic carbocycles. The zero-order valence-electron chi connectivity index (χ0n) is 17.4. The molecule has 1 aromatic heterocycles. The van der Waals surface area contributed by atoms with Gasteiger partial charge in [-0.15, -0.1) is 0 Å². The minimum atomic E-state index is -0.805. The highest BCUT2D eigenvalue weighted by Gasteiger charge is 2.27. The number of hydrogen-bond donors (Lipinski definition) is 1. The highest BCUT2D eigenvalue weighted by atomic mass is 16.5. The summed E-state index contributed by atoms with van der Waals surface area (Å²) in [6, 6.07) is 0.785. The zero-order chi connectivity index (χ0) is 20.8. The van der Waals surface area contributed by atoms with E-state index in [2.05, 4.69) is 10.2 Å². The average molecular weight is 393 g/mol. The van der Waals surface area contributed by atoms with Crippen molar-refractivity contribution in [1.29, 1.82) is 0 Å². The Balaban J connectivity index is 2.24. The SMILES string of the molecule is COC(=O)[C@@H](NC(=O)c1cc(C)c(C)n(CCN2CCOCC2)c1=O)C(C)C. The Hall–Kier alpha value is -2.19. The lowest BCUT2D eigenvalue weighted by atomic mass is 10.0. The summed E-state index contributed by atoms with van der Waals surface area (Å²) in [5.41, 5.74) is 1.38. The molecule has 0 saturated carbocycles. The first-order chi connectivity index (χ1) is 13.3. The number of methoxy groups -OCH3 is 1. The van der Waals surface area contributed by atoms with Crippen LogP contribution in [0.2, 0.25) is 0 Å². The van der Waals surface area contributed by atoms with Crippen LogP contribution in [0.25, 0.3) is 0 Å². The molecule has 1 saturated heterocycles. The largest absolute Gasteiger partial charge is 0.467 e. The lowest BCUT2D eigenvalue weighted by molar-refractivity contribution is -0.144. The second-order valence-electron chi connectivity index (χ2n) is 7.46. The summed E-state index contributed by atoms with van der Waals surface area (Å²) >= 11 is 0. The van der Waals surface area contributed by atoms with Crippen LogP contribution in [-0.2, 0) is 20.8 Å². The van der Waals surface area contributed by atoms with E-state index in [0.717, 1.165) is 24.3 Å². The first-order valence-electron chi connectivity index (χ1n) is 9.66. The van der Waals surface area contributed by atoms with Gasteiger partial charge in [0.15, 0.2) is 0 Å². The molecule has 8 heteroatoms. The maximum Gasteiger partial charge on any atom is 0.328 e. The highest BCUT2D eigenvalue weighted by Crippen LogP contribution is 2.10. The van der Waals surface area contributed by atoms with Crippen molar-refractivity contribution in [2.24, 2.45) is 5.92 Å². The van der Waals surface area contributed by atoms with Gasteiger partial charge in [-0.1, -0.05) is 13.8 Å². The van der Waals surface area contributed by atoms with Crippen LogP contribution in [0, 0.1) is 19.8 Å². The van der Waals surface area contributed by atoms with Crippen LogP contribution >= 0.6 is 0 Å². The molecule has 1 aromatic rings. The predicted octanol–water partition coefficient (Wildman–Crippen LogP) is 0.725. The molecule has 8 nitrogen and oxygen atoms in total. The fourth-order valence-corrected chi connectivity index (χ4v) is 3.24. The number of nitrogens with zero attached hydrogens (tertiary/aromatic N) is 2. The van der Waals surface area contributed by atoms with Crippen molar-refractivity contribution in [2.45, 2.75) is 40.3 Å². The Morgan fingerprint density at radius 1 is 1.21 bits per heavy atom. The molecule has 2 rings (SSSR count). The van der Waals surface area contributed by atoms with Gasteiger partial charge in [-0.3, -0.25) is 14.5 Å². The molecule has 0 spiro atoms. The molecule has 1 N–H and O–H groups in total. The van der Waals surface area contributed by atoms with E-state index in [1.807, 2.05) is 27.7 Å². The van der Waals surface area contributed by atoms with E-state index in [4.69, 9.17) is 9.47 Å². The van der Waals surface area contributed by atoms with Gasteiger partial charge in [-0.05, 0) is 31.4 Å². The first kappa shape index (κ1) is 22.1. The quantitative estimate of drug-likeness (QED) is 0.687. The fourth-order valence-electron chi connectivity index (χ4n) is 3.24. The number of aryl methyl sites for hydroxylation is 1. The number of amides is 1. The van der Waals surface area contributed by atoms with Crippen molar-refractivity contribution in [2.75, 3.05) is 40.0 Å². The molecular weight excluding hydrogens is 362 g/mol. The van der Waals surface area contributed by atoms with Crippen LogP contribution in [0.5, 0.6) is 0 Å². The number of carbonyl (C=O) groups excluding carboxylic acids is 2. The minimum absolute atomic E-state index is 0.0413. The molecule has 1 aliphatic rings. The maximum absolute atomic E-state index is 13.0. The normalized spacial score (nSPS) is 16.1. The molecule has 1 atom stereocenters. The number of rotatable bonds is 7. The number of nitrogens with one attached hydrogen (secondary N) is 1. The van der Waals surface area contributed by atoms with E-state index >= 15 is 0 Å². The van der Waals surface area contributed by atoms with Crippen molar-refractivity contribution < 1.29 is 19.1 Å². The molecule has 156 valence electrons. The Bertz CT molecular complexity index is 766. The molecule has 1 amide bonds. The van der Waals surface area contributed by atoms with Gasteiger partial charge in [0.05, 0.1) is 20.3 Å². The molecule has 28 heavy (non-hydrogen) atoms. The third-order valence-corrected chi connectivity index (χ3v) is 5.21. The van der Waals surface area contributed by atoms with Crippen LogP contribution in [0.1, 0.15) is 35.5 Å². The van der Waals surface area contributed by atoms with Crippen molar-refractivity contribution in [3.05, 3.63) is 33.2 Å². The maximum atomic E-state index is 13.0. The molecule has 2 heterocycles. The van der Waals surface area contributed by atoms with Crippen LogP contribution < -0.4 is 10.9 Å². The Morgan fingerprint density at radius 3 is 2.43 bits per heavy atom. The highest BCUT2D eigenvalue weighted by molar-refractivity contribution is 5.96. The summed E-state index contributed by atoms with van der Waals surface area (Å²) in [4.78, 5) is 39.9. The summed E-state index contributed by atoms with van der Waals surface area (Å²) < 4.78 is 11.8. The number of aromatic nitrogens is 1. The van der Waals surface area contributed by atoms with Crippen molar-refractivity contribution in [3.8, 4) is 0 Å². The molecule has 1 fully saturated rings. The van der Waals surface area contributed by atoms with Gasteiger partial charge in [-0.2, -0.15) is 0 Å². The summed E-state index contributed by atoms with van der Waals surface area (Å²) in [6.07, 6.45) is 0. The lowest BCUT2D eigenvalue weighted by Crippen LogP contribution is -2.47. The number of pyridine rings is 1. The van der Waals surface area contributed by atoms with Gasteiger partial charge in [-0.25, -0.2) is 4.79 Å². The van der Waals surface area contributed by atoms with E-state index in [1.165, 1.54) is 7.11 Å². The van der Waals surface area contributed by atoms with E-state index in [0.29, 0.717) is 26.3 Å². The molecule has 0 aromatic carbocycles. The standard InChI is InChI=1S/C20H31N3O5/c1-13(2)17(20(26)27-5)21-18(24)16-12-14(3)15(4)23(19(16)25)7-6-22-8-10-28-11-9-22/h12-13,17H,6-11H2,1-5H3,(H,21,24)/t17-/m0/s1.